The van der Waals surface area contributed by atoms with Crippen LogP contribution in [0.5, 0.6) is 0 Å². The van der Waals surface area contributed by atoms with Crippen LogP contribution in [0, 0.1) is 5.92 Å². The van der Waals surface area contributed by atoms with Gasteiger partial charge in [0.25, 0.3) is 0 Å². The van der Waals surface area contributed by atoms with Crippen molar-refractivity contribution in [3.05, 3.63) is 35.9 Å². The molecule has 1 heterocycles. The SMILES string of the molecule is O=C(O)N(Cc1ccccc1)C[C@H]1CNC[C@@H]1O. The summed E-state index contributed by atoms with van der Waals surface area (Å²) in [5.74, 6) is -0.0233. The number of nitrogens with zero attached hydrogens (tertiary/aromatic N) is 1. The maximum absolute atomic E-state index is 11.2. The Balaban J connectivity index is 1.98. The molecule has 1 aliphatic heterocycles. The van der Waals surface area contributed by atoms with E-state index in [1.54, 1.807) is 0 Å². The van der Waals surface area contributed by atoms with E-state index in [9.17, 15) is 15.0 Å². The van der Waals surface area contributed by atoms with Gasteiger partial charge in [0.2, 0.25) is 0 Å². The van der Waals surface area contributed by atoms with Crippen molar-refractivity contribution in [1.29, 1.82) is 0 Å². The highest BCUT2D eigenvalue weighted by Gasteiger charge is 2.28. The number of hydrogen-bond donors (Lipinski definition) is 3. The van der Waals surface area contributed by atoms with E-state index in [1.165, 1.54) is 4.90 Å². The summed E-state index contributed by atoms with van der Waals surface area (Å²) in [5, 5.41) is 22.0. The zero-order valence-corrected chi connectivity index (χ0v) is 10.1. The van der Waals surface area contributed by atoms with Gasteiger partial charge in [-0.2, -0.15) is 0 Å². The van der Waals surface area contributed by atoms with Gasteiger partial charge in [-0.05, 0) is 5.56 Å². The number of aliphatic hydroxyl groups excluding tert-OH is 1. The molecule has 0 aromatic heterocycles. The molecule has 1 fully saturated rings. The lowest BCUT2D eigenvalue weighted by atomic mass is 10.1. The maximum Gasteiger partial charge on any atom is 0.407 e. The summed E-state index contributed by atoms with van der Waals surface area (Å²) in [5.41, 5.74) is 0.959. The quantitative estimate of drug-likeness (QED) is 0.737. The van der Waals surface area contributed by atoms with Crippen LogP contribution in [0.25, 0.3) is 0 Å². The normalized spacial score (nSPS) is 22.9. The number of nitrogens with one attached hydrogen (secondary N) is 1. The summed E-state index contributed by atoms with van der Waals surface area (Å²) in [4.78, 5) is 12.6. The van der Waals surface area contributed by atoms with Crippen LogP contribution in [0.2, 0.25) is 0 Å². The highest BCUT2D eigenvalue weighted by Crippen LogP contribution is 2.13. The number of amides is 1. The van der Waals surface area contributed by atoms with Crippen LogP contribution in [-0.2, 0) is 6.54 Å². The largest absolute Gasteiger partial charge is 0.465 e. The average molecular weight is 250 g/mol. The van der Waals surface area contributed by atoms with Crippen molar-refractivity contribution >= 4 is 6.09 Å². The minimum absolute atomic E-state index is 0.0233. The van der Waals surface area contributed by atoms with Crippen molar-refractivity contribution in [2.24, 2.45) is 5.92 Å². The Hall–Kier alpha value is -1.59. The van der Waals surface area contributed by atoms with E-state index in [0.29, 0.717) is 26.2 Å². The first kappa shape index (κ1) is 12.9. The fourth-order valence-corrected chi connectivity index (χ4v) is 2.20. The second-order valence-electron chi connectivity index (χ2n) is 4.63. The molecular formula is C13H18N2O3. The van der Waals surface area contributed by atoms with E-state index in [2.05, 4.69) is 5.32 Å². The number of aliphatic hydroxyl groups is 1. The van der Waals surface area contributed by atoms with Gasteiger partial charge in [0.15, 0.2) is 0 Å². The van der Waals surface area contributed by atoms with Crippen LogP contribution < -0.4 is 5.32 Å². The molecule has 0 radical (unpaired) electrons. The number of carbonyl (C=O) groups is 1. The number of carboxylic acid groups (broad SMARTS) is 1. The Morgan fingerprint density at radius 1 is 1.33 bits per heavy atom. The fraction of sp³-hybridized carbons (Fsp3) is 0.462. The van der Waals surface area contributed by atoms with Gasteiger partial charge < -0.3 is 20.4 Å². The van der Waals surface area contributed by atoms with E-state index in [4.69, 9.17) is 0 Å². The zero-order chi connectivity index (χ0) is 13.0. The minimum atomic E-state index is -0.946. The molecule has 5 nitrogen and oxygen atoms in total. The molecule has 0 spiro atoms. The van der Waals surface area contributed by atoms with Crippen molar-refractivity contribution in [2.45, 2.75) is 12.6 Å². The molecule has 0 bridgehead atoms. The van der Waals surface area contributed by atoms with Gasteiger partial charge in [-0.3, -0.25) is 0 Å². The first-order valence-electron chi connectivity index (χ1n) is 6.07. The Labute approximate surface area is 106 Å². The third-order valence-electron chi connectivity index (χ3n) is 3.25. The van der Waals surface area contributed by atoms with Crippen molar-refractivity contribution in [3.63, 3.8) is 0 Å². The van der Waals surface area contributed by atoms with E-state index < -0.39 is 12.2 Å². The van der Waals surface area contributed by atoms with Crippen LogP contribution in [-0.4, -0.2) is 46.9 Å². The first-order chi connectivity index (χ1) is 8.66. The molecule has 98 valence electrons. The molecule has 1 aliphatic rings. The fourth-order valence-electron chi connectivity index (χ4n) is 2.20. The molecule has 3 N–H and O–H groups in total. The molecular weight excluding hydrogens is 232 g/mol. The van der Waals surface area contributed by atoms with E-state index in [-0.39, 0.29) is 5.92 Å². The molecule has 0 saturated carbocycles. The standard InChI is InChI=1S/C13H18N2O3/c16-12-7-14-6-11(12)9-15(13(17)18)8-10-4-2-1-3-5-10/h1-5,11-12,14,16H,6-9H2,(H,17,18)/t11-,12+/m1/s1. The highest BCUT2D eigenvalue weighted by atomic mass is 16.4. The van der Waals surface area contributed by atoms with Crippen molar-refractivity contribution in [1.82, 2.24) is 10.2 Å². The topological polar surface area (TPSA) is 72.8 Å². The molecule has 1 aromatic rings. The molecule has 0 unspecified atom stereocenters. The molecule has 0 aliphatic carbocycles. The molecule has 2 atom stereocenters. The summed E-state index contributed by atoms with van der Waals surface area (Å²) >= 11 is 0. The van der Waals surface area contributed by atoms with Crippen molar-refractivity contribution in [2.75, 3.05) is 19.6 Å². The summed E-state index contributed by atoms with van der Waals surface area (Å²) in [7, 11) is 0. The summed E-state index contributed by atoms with van der Waals surface area (Å²) in [6.45, 7) is 1.93. The predicted molar refractivity (Wildman–Crippen MR) is 67.2 cm³/mol. The number of benzene rings is 1. The maximum atomic E-state index is 11.2. The Bertz CT molecular complexity index is 396. The Morgan fingerprint density at radius 2 is 2.06 bits per heavy atom. The third kappa shape index (κ3) is 3.21. The second kappa shape index (κ2) is 5.84. The highest BCUT2D eigenvalue weighted by molar-refractivity contribution is 5.65. The lowest BCUT2D eigenvalue weighted by Crippen LogP contribution is -2.37. The van der Waals surface area contributed by atoms with E-state index >= 15 is 0 Å². The van der Waals surface area contributed by atoms with Crippen LogP contribution in [0.1, 0.15) is 5.56 Å². The number of rotatable bonds is 4. The summed E-state index contributed by atoms with van der Waals surface area (Å²) < 4.78 is 0. The van der Waals surface area contributed by atoms with Crippen molar-refractivity contribution in [3.8, 4) is 0 Å². The molecule has 2 rings (SSSR count). The van der Waals surface area contributed by atoms with Crippen LogP contribution in [0.15, 0.2) is 30.3 Å². The number of β-amino-alcohol motifs (C(OH)–C–C–N with tert-alkyl or cyclic N) is 1. The smallest absolute Gasteiger partial charge is 0.407 e. The molecule has 1 aromatic carbocycles. The van der Waals surface area contributed by atoms with Crippen molar-refractivity contribution < 1.29 is 15.0 Å². The Morgan fingerprint density at radius 3 is 2.61 bits per heavy atom. The molecule has 5 heteroatoms. The minimum Gasteiger partial charge on any atom is -0.465 e. The van der Waals surface area contributed by atoms with Gasteiger partial charge in [0, 0.05) is 32.1 Å². The predicted octanol–water partition coefficient (Wildman–Crippen LogP) is 0.747. The van der Waals surface area contributed by atoms with Gasteiger partial charge in [0.05, 0.1) is 6.10 Å². The van der Waals surface area contributed by atoms with Gasteiger partial charge >= 0.3 is 6.09 Å². The molecule has 1 amide bonds. The van der Waals surface area contributed by atoms with Crippen LogP contribution in [0.3, 0.4) is 0 Å². The zero-order valence-electron chi connectivity index (χ0n) is 10.1. The monoisotopic (exact) mass is 250 g/mol. The van der Waals surface area contributed by atoms with Gasteiger partial charge in [-0.25, -0.2) is 4.79 Å². The van der Waals surface area contributed by atoms with Gasteiger partial charge in [-0.1, -0.05) is 30.3 Å². The second-order valence-corrected chi connectivity index (χ2v) is 4.63. The third-order valence-corrected chi connectivity index (χ3v) is 3.25. The van der Waals surface area contributed by atoms with Crippen LogP contribution >= 0.6 is 0 Å². The molecule has 1 saturated heterocycles. The average Bonchev–Trinajstić information content (AvgIpc) is 2.75. The van der Waals surface area contributed by atoms with E-state index in [0.717, 1.165) is 5.56 Å². The van der Waals surface area contributed by atoms with Crippen LogP contribution in [0.4, 0.5) is 4.79 Å². The first-order valence-corrected chi connectivity index (χ1v) is 6.07. The summed E-state index contributed by atoms with van der Waals surface area (Å²) in [6, 6.07) is 9.49. The van der Waals surface area contributed by atoms with Gasteiger partial charge in [0.1, 0.15) is 0 Å². The van der Waals surface area contributed by atoms with E-state index in [1.807, 2.05) is 30.3 Å². The van der Waals surface area contributed by atoms with Gasteiger partial charge in [-0.15, -0.1) is 0 Å². The lowest BCUT2D eigenvalue weighted by molar-refractivity contribution is 0.1000. The Kier molecular flexibility index (Phi) is 4.17. The lowest BCUT2D eigenvalue weighted by Gasteiger charge is -2.24. The summed E-state index contributed by atoms with van der Waals surface area (Å²) in [6.07, 6.45) is -1.40. The molecule has 18 heavy (non-hydrogen) atoms. The number of hydrogen-bond acceptors (Lipinski definition) is 3.